The minimum atomic E-state index is 0.621. The molecule has 1 aromatic rings. The lowest BCUT2D eigenvalue weighted by atomic mass is 10.2. The Bertz CT molecular complexity index is 309. The van der Waals surface area contributed by atoms with Crippen LogP contribution in [0.1, 0.15) is 5.56 Å². The standard InChI is InChI=1S/C7H7N3O/c1-11-7-2-5-3-9-10-6(5)4-8-7/h2,4H,3H2,1H3. The molecule has 56 valence electrons. The second-order valence-corrected chi connectivity index (χ2v) is 2.25. The first-order valence-corrected chi connectivity index (χ1v) is 3.30. The van der Waals surface area contributed by atoms with Gasteiger partial charge in [-0.15, -0.1) is 0 Å². The monoisotopic (exact) mass is 149 g/mol. The number of rotatable bonds is 1. The van der Waals surface area contributed by atoms with Gasteiger partial charge in [-0.3, -0.25) is 0 Å². The van der Waals surface area contributed by atoms with Gasteiger partial charge in [0.2, 0.25) is 5.88 Å². The fourth-order valence-corrected chi connectivity index (χ4v) is 0.984. The molecule has 11 heavy (non-hydrogen) atoms. The third-order valence-electron chi connectivity index (χ3n) is 1.57. The van der Waals surface area contributed by atoms with Gasteiger partial charge < -0.3 is 4.74 Å². The zero-order valence-corrected chi connectivity index (χ0v) is 6.11. The van der Waals surface area contributed by atoms with Gasteiger partial charge in [-0.25, -0.2) is 4.98 Å². The first-order chi connectivity index (χ1) is 5.40. The average Bonchev–Trinajstić information content (AvgIpc) is 2.50. The molecule has 1 aromatic heterocycles. The lowest BCUT2D eigenvalue weighted by Gasteiger charge is -1.98. The highest BCUT2D eigenvalue weighted by Crippen LogP contribution is 2.27. The topological polar surface area (TPSA) is 46.8 Å². The molecule has 0 fully saturated rings. The van der Waals surface area contributed by atoms with Crippen LogP contribution in [0, 0.1) is 0 Å². The molecule has 4 nitrogen and oxygen atoms in total. The second kappa shape index (κ2) is 2.30. The predicted octanol–water partition coefficient (Wildman–Crippen LogP) is 1.69. The van der Waals surface area contributed by atoms with E-state index in [4.69, 9.17) is 4.74 Å². The molecule has 2 rings (SSSR count). The number of methoxy groups -OCH3 is 1. The minimum absolute atomic E-state index is 0.621. The van der Waals surface area contributed by atoms with E-state index in [2.05, 4.69) is 15.2 Å². The van der Waals surface area contributed by atoms with Gasteiger partial charge in [-0.2, -0.15) is 10.2 Å². The van der Waals surface area contributed by atoms with E-state index in [0.717, 1.165) is 11.3 Å². The Kier molecular flexibility index (Phi) is 1.31. The predicted molar refractivity (Wildman–Crippen MR) is 39.0 cm³/mol. The number of azo groups is 1. The van der Waals surface area contributed by atoms with Crippen molar-refractivity contribution >= 4 is 5.69 Å². The van der Waals surface area contributed by atoms with Crippen LogP contribution >= 0.6 is 0 Å². The summed E-state index contributed by atoms with van der Waals surface area (Å²) in [7, 11) is 1.60. The molecule has 4 heteroatoms. The van der Waals surface area contributed by atoms with Gasteiger partial charge in [0.1, 0.15) is 5.69 Å². The van der Waals surface area contributed by atoms with Gasteiger partial charge in [0, 0.05) is 11.6 Å². The van der Waals surface area contributed by atoms with Crippen LogP contribution in [0.3, 0.4) is 0 Å². The van der Waals surface area contributed by atoms with Crippen LogP contribution in [0.25, 0.3) is 0 Å². The van der Waals surface area contributed by atoms with Crippen molar-refractivity contribution in [1.82, 2.24) is 4.98 Å². The van der Waals surface area contributed by atoms with Gasteiger partial charge in [0.05, 0.1) is 19.9 Å². The van der Waals surface area contributed by atoms with Gasteiger partial charge in [-0.1, -0.05) is 0 Å². The summed E-state index contributed by atoms with van der Waals surface area (Å²) in [5.41, 5.74) is 1.93. The summed E-state index contributed by atoms with van der Waals surface area (Å²) >= 11 is 0. The molecule has 0 aromatic carbocycles. The summed E-state index contributed by atoms with van der Waals surface area (Å²) in [4.78, 5) is 3.99. The van der Waals surface area contributed by atoms with Crippen molar-refractivity contribution in [2.24, 2.45) is 10.2 Å². The lowest BCUT2D eigenvalue weighted by Crippen LogP contribution is -1.87. The molecule has 0 aliphatic carbocycles. The van der Waals surface area contributed by atoms with Crippen molar-refractivity contribution in [3.63, 3.8) is 0 Å². The highest BCUT2D eigenvalue weighted by Gasteiger charge is 2.08. The number of nitrogens with zero attached hydrogens (tertiary/aromatic N) is 3. The molecule has 0 bridgehead atoms. The van der Waals surface area contributed by atoms with Gasteiger partial charge in [-0.05, 0) is 0 Å². The third-order valence-corrected chi connectivity index (χ3v) is 1.57. The maximum atomic E-state index is 4.94. The quantitative estimate of drug-likeness (QED) is 0.609. The first kappa shape index (κ1) is 6.27. The molecule has 0 spiro atoms. The normalized spacial score (nSPS) is 13.2. The van der Waals surface area contributed by atoms with Crippen LogP contribution in [0.5, 0.6) is 5.88 Å². The van der Waals surface area contributed by atoms with Gasteiger partial charge in [0.15, 0.2) is 0 Å². The number of hydrogen-bond acceptors (Lipinski definition) is 4. The summed E-state index contributed by atoms with van der Waals surface area (Å²) in [6, 6.07) is 1.86. The maximum absolute atomic E-state index is 4.94. The van der Waals surface area contributed by atoms with Crippen LogP contribution < -0.4 is 4.74 Å². The van der Waals surface area contributed by atoms with Gasteiger partial charge >= 0.3 is 0 Å². The van der Waals surface area contributed by atoms with Gasteiger partial charge in [0.25, 0.3) is 0 Å². The number of hydrogen-bond donors (Lipinski definition) is 0. The van der Waals surface area contributed by atoms with Crippen molar-refractivity contribution in [2.45, 2.75) is 6.54 Å². The fourth-order valence-electron chi connectivity index (χ4n) is 0.984. The fraction of sp³-hybridized carbons (Fsp3) is 0.286. The van der Waals surface area contributed by atoms with Crippen LogP contribution in [-0.2, 0) is 6.54 Å². The van der Waals surface area contributed by atoms with E-state index in [1.54, 1.807) is 13.3 Å². The van der Waals surface area contributed by atoms with Crippen LogP contribution in [-0.4, -0.2) is 12.1 Å². The molecule has 0 unspecified atom stereocenters. The van der Waals surface area contributed by atoms with E-state index in [-0.39, 0.29) is 0 Å². The summed E-state index contributed by atoms with van der Waals surface area (Å²) in [6.07, 6.45) is 1.67. The van der Waals surface area contributed by atoms with E-state index in [1.165, 1.54) is 0 Å². The van der Waals surface area contributed by atoms with Crippen molar-refractivity contribution in [1.29, 1.82) is 0 Å². The summed E-state index contributed by atoms with van der Waals surface area (Å²) in [5.74, 6) is 0.621. The molecule has 2 heterocycles. The van der Waals surface area contributed by atoms with Crippen LogP contribution in [0.15, 0.2) is 22.5 Å². The van der Waals surface area contributed by atoms with Crippen LogP contribution in [0.4, 0.5) is 5.69 Å². The Hall–Kier alpha value is -1.45. The van der Waals surface area contributed by atoms with E-state index >= 15 is 0 Å². The number of pyridine rings is 1. The molecule has 1 aliphatic rings. The molecule has 0 saturated carbocycles. The minimum Gasteiger partial charge on any atom is -0.481 e. The highest BCUT2D eigenvalue weighted by molar-refractivity contribution is 5.47. The van der Waals surface area contributed by atoms with Crippen molar-refractivity contribution < 1.29 is 4.74 Å². The van der Waals surface area contributed by atoms with Crippen molar-refractivity contribution in [3.8, 4) is 5.88 Å². The van der Waals surface area contributed by atoms with E-state index in [9.17, 15) is 0 Å². The summed E-state index contributed by atoms with van der Waals surface area (Å²) in [5, 5.41) is 7.74. The molecule has 0 atom stereocenters. The maximum Gasteiger partial charge on any atom is 0.213 e. The molecule has 0 saturated heterocycles. The van der Waals surface area contributed by atoms with Crippen molar-refractivity contribution in [3.05, 3.63) is 17.8 Å². The highest BCUT2D eigenvalue weighted by atomic mass is 16.5. The Labute approximate surface area is 63.9 Å². The SMILES string of the molecule is COc1cc2c(cn1)N=NC2. The Morgan fingerprint density at radius 2 is 2.45 bits per heavy atom. The van der Waals surface area contributed by atoms with Crippen molar-refractivity contribution in [2.75, 3.05) is 7.11 Å². The number of fused-ring (bicyclic) bond motifs is 1. The Morgan fingerprint density at radius 3 is 3.27 bits per heavy atom. The van der Waals surface area contributed by atoms with E-state index in [0.29, 0.717) is 12.4 Å². The molecule has 1 aliphatic heterocycles. The zero-order valence-electron chi connectivity index (χ0n) is 6.11. The molecular weight excluding hydrogens is 142 g/mol. The molecule has 0 N–H and O–H groups in total. The Morgan fingerprint density at radius 1 is 1.55 bits per heavy atom. The number of ether oxygens (including phenoxy) is 1. The van der Waals surface area contributed by atoms with E-state index < -0.39 is 0 Å². The van der Waals surface area contributed by atoms with E-state index in [1.807, 2.05) is 6.07 Å². The molecule has 0 amide bonds. The zero-order chi connectivity index (χ0) is 7.68. The largest absolute Gasteiger partial charge is 0.481 e. The first-order valence-electron chi connectivity index (χ1n) is 3.30. The average molecular weight is 149 g/mol. The summed E-state index contributed by atoms with van der Waals surface area (Å²) in [6.45, 7) is 0.647. The smallest absolute Gasteiger partial charge is 0.213 e. The number of aromatic nitrogens is 1. The lowest BCUT2D eigenvalue weighted by molar-refractivity contribution is 0.397. The summed E-state index contributed by atoms with van der Waals surface area (Å²) < 4.78 is 4.94. The third kappa shape index (κ3) is 0.960. The molecule has 0 radical (unpaired) electrons. The molecular formula is C7H7N3O. The second-order valence-electron chi connectivity index (χ2n) is 2.25. The Balaban J connectivity index is 2.45. The van der Waals surface area contributed by atoms with Crippen LogP contribution in [0.2, 0.25) is 0 Å².